The Labute approximate surface area is 222 Å². The standard InChI is InChI=1S/C24H19BrFN5O5S/c1-15-27-28-24(30(15)19-8-6-18(26)7-9-19)37-23(13-29(32)33)17-5-10-22(21(25)12-17)36-14-16-3-2-4-20(11-16)31(34)35/h2-12,23H,13-14H2,1H3/t23-/m0/s1. The highest BCUT2D eigenvalue weighted by atomic mass is 79.9. The number of nitro groups is 2. The highest BCUT2D eigenvalue weighted by Gasteiger charge is 2.24. The van der Waals surface area contributed by atoms with E-state index in [0.717, 1.165) is 0 Å². The predicted octanol–water partition coefficient (Wildman–Crippen LogP) is 6.07. The molecule has 0 N–H and O–H groups in total. The van der Waals surface area contributed by atoms with Crippen LogP contribution < -0.4 is 4.74 Å². The van der Waals surface area contributed by atoms with Crippen LogP contribution in [0.4, 0.5) is 10.1 Å². The molecule has 4 aromatic rings. The molecule has 0 saturated carbocycles. The first kappa shape index (κ1) is 26.2. The summed E-state index contributed by atoms with van der Waals surface area (Å²) in [5, 5.41) is 30.6. The topological polar surface area (TPSA) is 126 Å². The van der Waals surface area contributed by atoms with E-state index in [9.17, 15) is 24.6 Å². The average Bonchev–Trinajstić information content (AvgIpc) is 3.23. The van der Waals surface area contributed by atoms with Gasteiger partial charge in [0.05, 0.1) is 9.40 Å². The summed E-state index contributed by atoms with van der Waals surface area (Å²) < 4.78 is 21.5. The number of hydrogen-bond donors (Lipinski definition) is 0. The first-order chi connectivity index (χ1) is 17.7. The summed E-state index contributed by atoms with van der Waals surface area (Å²) in [5.74, 6) is 0.651. The van der Waals surface area contributed by atoms with Gasteiger partial charge < -0.3 is 4.74 Å². The van der Waals surface area contributed by atoms with Crippen molar-refractivity contribution < 1.29 is 19.0 Å². The average molecular weight is 588 g/mol. The molecule has 3 aromatic carbocycles. The van der Waals surface area contributed by atoms with E-state index in [4.69, 9.17) is 4.74 Å². The lowest BCUT2D eigenvalue weighted by Crippen LogP contribution is -2.11. The van der Waals surface area contributed by atoms with E-state index >= 15 is 0 Å². The second-order valence-corrected chi connectivity index (χ2v) is 9.89. The molecule has 10 nitrogen and oxygen atoms in total. The Balaban J connectivity index is 1.56. The lowest BCUT2D eigenvalue weighted by atomic mass is 10.1. The Hall–Kier alpha value is -3.84. The fraction of sp³-hybridized carbons (Fsp3) is 0.167. The number of non-ortho nitro benzene ring substituents is 1. The van der Waals surface area contributed by atoms with E-state index in [0.29, 0.717) is 38.0 Å². The molecule has 0 amide bonds. The summed E-state index contributed by atoms with van der Waals surface area (Å²) in [5.41, 5.74) is 1.89. The largest absolute Gasteiger partial charge is 0.488 e. The van der Waals surface area contributed by atoms with Gasteiger partial charge >= 0.3 is 0 Å². The molecule has 1 atom stereocenters. The van der Waals surface area contributed by atoms with Gasteiger partial charge in [-0.25, -0.2) is 4.39 Å². The summed E-state index contributed by atoms with van der Waals surface area (Å²) in [6.45, 7) is 1.47. The van der Waals surface area contributed by atoms with Gasteiger partial charge in [-0.3, -0.25) is 24.8 Å². The molecular formula is C24H19BrFN5O5S. The number of nitrogens with zero attached hydrogens (tertiary/aromatic N) is 5. The van der Waals surface area contributed by atoms with E-state index in [2.05, 4.69) is 26.1 Å². The summed E-state index contributed by atoms with van der Waals surface area (Å²) in [7, 11) is 0. The summed E-state index contributed by atoms with van der Waals surface area (Å²) in [6.07, 6.45) is 0. The number of aromatic nitrogens is 3. The van der Waals surface area contributed by atoms with Crippen LogP contribution >= 0.6 is 27.7 Å². The molecule has 13 heteroatoms. The van der Waals surface area contributed by atoms with Gasteiger partial charge in [-0.05, 0) is 70.4 Å². The zero-order chi connectivity index (χ0) is 26.5. The smallest absolute Gasteiger partial charge is 0.269 e. The molecule has 0 aliphatic rings. The second-order valence-electron chi connectivity index (χ2n) is 7.87. The minimum Gasteiger partial charge on any atom is -0.488 e. The van der Waals surface area contributed by atoms with E-state index in [1.165, 1.54) is 36.0 Å². The third-order valence-electron chi connectivity index (χ3n) is 5.29. The third-order valence-corrected chi connectivity index (χ3v) is 7.09. The Morgan fingerprint density at radius 3 is 2.51 bits per heavy atom. The Morgan fingerprint density at radius 1 is 1.08 bits per heavy atom. The molecule has 1 aromatic heterocycles. The zero-order valence-corrected chi connectivity index (χ0v) is 21.7. The van der Waals surface area contributed by atoms with Crippen LogP contribution in [0.5, 0.6) is 5.75 Å². The lowest BCUT2D eigenvalue weighted by molar-refractivity contribution is -0.479. The third kappa shape index (κ3) is 6.49. The maximum Gasteiger partial charge on any atom is 0.269 e. The number of rotatable bonds is 10. The number of nitro benzene ring substituents is 1. The number of hydrogen-bond acceptors (Lipinski definition) is 8. The highest BCUT2D eigenvalue weighted by molar-refractivity contribution is 9.10. The fourth-order valence-electron chi connectivity index (χ4n) is 3.54. The van der Waals surface area contributed by atoms with Crippen LogP contribution in [0.15, 0.2) is 76.4 Å². The van der Waals surface area contributed by atoms with Crippen molar-refractivity contribution >= 4 is 33.4 Å². The molecule has 0 bridgehead atoms. The molecule has 4 rings (SSSR count). The first-order valence-corrected chi connectivity index (χ1v) is 12.5. The summed E-state index contributed by atoms with van der Waals surface area (Å²) in [6, 6.07) is 17.1. The summed E-state index contributed by atoms with van der Waals surface area (Å²) >= 11 is 4.63. The zero-order valence-electron chi connectivity index (χ0n) is 19.3. The van der Waals surface area contributed by atoms with Crippen LogP contribution in [-0.4, -0.2) is 31.2 Å². The Morgan fingerprint density at radius 2 is 1.84 bits per heavy atom. The van der Waals surface area contributed by atoms with E-state index < -0.39 is 15.1 Å². The number of benzene rings is 3. The van der Waals surface area contributed by atoms with Crippen LogP contribution in [-0.2, 0) is 6.61 Å². The van der Waals surface area contributed by atoms with E-state index in [1.54, 1.807) is 54.0 Å². The number of halogens is 2. The van der Waals surface area contributed by atoms with Crippen molar-refractivity contribution in [2.45, 2.75) is 23.9 Å². The molecule has 0 aliphatic heterocycles. The number of thioether (sulfide) groups is 1. The van der Waals surface area contributed by atoms with Crippen molar-refractivity contribution in [1.29, 1.82) is 0 Å². The van der Waals surface area contributed by atoms with Gasteiger partial charge in [0.25, 0.3) is 5.69 Å². The fourth-order valence-corrected chi connectivity index (χ4v) is 5.21. The quantitative estimate of drug-likeness (QED) is 0.124. The van der Waals surface area contributed by atoms with Gasteiger partial charge in [-0.1, -0.05) is 30.0 Å². The number of aryl methyl sites for hydroxylation is 1. The molecule has 0 aliphatic carbocycles. The molecule has 1 heterocycles. The van der Waals surface area contributed by atoms with Crippen LogP contribution in [0, 0.1) is 33.0 Å². The molecule has 0 fully saturated rings. The SMILES string of the molecule is Cc1nnc(S[C@@H](C[N+](=O)[O-])c2ccc(OCc3cccc([N+](=O)[O-])c3)c(Br)c2)n1-c1ccc(F)cc1. The van der Waals surface area contributed by atoms with Crippen molar-refractivity contribution in [3.05, 3.63) is 114 Å². The van der Waals surface area contributed by atoms with Gasteiger partial charge in [0.1, 0.15) is 29.2 Å². The molecule has 190 valence electrons. The monoisotopic (exact) mass is 587 g/mol. The van der Waals surface area contributed by atoms with Gasteiger partial charge in [0.15, 0.2) is 5.16 Å². The van der Waals surface area contributed by atoms with Gasteiger partial charge in [-0.15, -0.1) is 10.2 Å². The minimum absolute atomic E-state index is 0.0288. The molecular weight excluding hydrogens is 569 g/mol. The maximum atomic E-state index is 13.4. The van der Waals surface area contributed by atoms with E-state index in [1.807, 2.05) is 0 Å². The van der Waals surface area contributed by atoms with Crippen molar-refractivity contribution in [1.82, 2.24) is 14.8 Å². The normalized spacial score (nSPS) is 11.8. The Kier molecular flexibility index (Phi) is 8.14. The first-order valence-electron chi connectivity index (χ1n) is 10.8. The van der Waals surface area contributed by atoms with Gasteiger partial charge in [0, 0.05) is 22.7 Å². The van der Waals surface area contributed by atoms with Crippen molar-refractivity contribution in [3.63, 3.8) is 0 Å². The van der Waals surface area contributed by atoms with Gasteiger partial charge in [0.2, 0.25) is 6.54 Å². The van der Waals surface area contributed by atoms with E-state index in [-0.39, 0.29) is 24.7 Å². The van der Waals surface area contributed by atoms with Crippen molar-refractivity contribution in [3.8, 4) is 11.4 Å². The molecule has 0 unspecified atom stereocenters. The van der Waals surface area contributed by atoms with Crippen LogP contribution in [0.1, 0.15) is 22.2 Å². The highest BCUT2D eigenvalue weighted by Crippen LogP contribution is 2.39. The molecule has 0 saturated heterocycles. The minimum atomic E-state index is -0.611. The summed E-state index contributed by atoms with van der Waals surface area (Å²) in [4.78, 5) is 21.6. The van der Waals surface area contributed by atoms with Crippen molar-refractivity contribution in [2.24, 2.45) is 0 Å². The molecule has 0 spiro atoms. The van der Waals surface area contributed by atoms with Crippen LogP contribution in [0.3, 0.4) is 0 Å². The van der Waals surface area contributed by atoms with Crippen LogP contribution in [0.2, 0.25) is 0 Å². The van der Waals surface area contributed by atoms with Crippen molar-refractivity contribution in [2.75, 3.05) is 6.54 Å². The predicted molar refractivity (Wildman–Crippen MR) is 138 cm³/mol. The lowest BCUT2D eigenvalue weighted by Gasteiger charge is -2.16. The van der Waals surface area contributed by atoms with Crippen LogP contribution in [0.25, 0.3) is 5.69 Å². The molecule has 37 heavy (non-hydrogen) atoms. The Bertz CT molecular complexity index is 1450. The second kappa shape index (κ2) is 11.5. The van der Waals surface area contributed by atoms with Gasteiger partial charge in [-0.2, -0.15) is 0 Å². The maximum absolute atomic E-state index is 13.4. The molecule has 0 radical (unpaired) electrons. The number of ether oxygens (including phenoxy) is 1.